The molecule has 0 atom stereocenters. The van der Waals surface area contributed by atoms with Crippen LogP contribution in [0.4, 0.5) is 4.79 Å². The molecule has 0 N–H and O–H groups in total. The number of fused-ring (bicyclic) bond motifs is 1. The van der Waals surface area contributed by atoms with E-state index < -0.39 is 6.16 Å². The summed E-state index contributed by atoms with van der Waals surface area (Å²) in [4.78, 5) is 11.3. The maximum absolute atomic E-state index is 11.3. The van der Waals surface area contributed by atoms with E-state index in [-0.39, 0.29) is 6.10 Å². The molecule has 0 heterocycles. The highest BCUT2D eigenvalue weighted by atomic mass is 16.7. The highest BCUT2D eigenvalue weighted by Crippen LogP contribution is 2.26. The van der Waals surface area contributed by atoms with Gasteiger partial charge in [0.1, 0.15) is 5.75 Å². The third-order valence-electron chi connectivity index (χ3n) is 2.60. The van der Waals surface area contributed by atoms with Crippen LogP contribution in [0.3, 0.4) is 0 Å². The van der Waals surface area contributed by atoms with Gasteiger partial charge in [0.05, 0.1) is 6.10 Å². The van der Waals surface area contributed by atoms with Gasteiger partial charge in [-0.05, 0) is 56.4 Å². The second-order valence-electron chi connectivity index (χ2n) is 4.30. The molecule has 2 rings (SSSR count). The van der Waals surface area contributed by atoms with Gasteiger partial charge >= 0.3 is 6.16 Å². The summed E-state index contributed by atoms with van der Waals surface area (Å²) >= 11 is 0. The number of hydrogen-bond donors (Lipinski definition) is 0. The van der Waals surface area contributed by atoms with Crippen molar-refractivity contribution in [3.8, 4) is 5.75 Å². The Morgan fingerprint density at radius 1 is 1.25 bits per heavy atom. The van der Waals surface area contributed by atoms with Crippen LogP contribution < -0.4 is 4.74 Å². The largest absolute Gasteiger partial charge is 0.514 e. The van der Waals surface area contributed by atoms with Crippen molar-refractivity contribution in [2.75, 3.05) is 0 Å². The number of ether oxygens (including phenoxy) is 2. The topological polar surface area (TPSA) is 35.5 Å². The second kappa shape index (κ2) is 4.56. The fourth-order valence-electron chi connectivity index (χ4n) is 1.92. The van der Waals surface area contributed by atoms with Gasteiger partial charge in [0.25, 0.3) is 0 Å². The van der Waals surface area contributed by atoms with Crippen molar-refractivity contribution in [1.82, 2.24) is 0 Å². The fraction of sp³-hybridized carbons (Fsp3) is 0.462. The summed E-state index contributed by atoms with van der Waals surface area (Å²) in [7, 11) is 0. The maximum atomic E-state index is 11.3. The van der Waals surface area contributed by atoms with Crippen molar-refractivity contribution in [1.29, 1.82) is 0 Å². The smallest absolute Gasteiger partial charge is 0.431 e. The third-order valence-corrected chi connectivity index (χ3v) is 2.60. The molecule has 1 aliphatic carbocycles. The number of benzene rings is 1. The average Bonchev–Trinajstić information content (AvgIpc) is 2.63. The Labute approximate surface area is 95.4 Å². The van der Waals surface area contributed by atoms with E-state index in [0.717, 1.165) is 12.8 Å². The SMILES string of the molecule is CC(C)OC(=O)Oc1ccc2c(c1)CCC2. The van der Waals surface area contributed by atoms with Crippen molar-refractivity contribution in [2.24, 2.45) is 0 Å². The van der Waals surface area contributed by atoms with E-state index in [4.69, 9.17) is 9.47 Å². The van der Waals surface area contributed by atoms with Crippen LogP contribution in [-0.4, -0.2) is 12.3 Å². The van der Waals surface area contributed by atoms with Crippen LogP contribution in [-0.2, 0) is 17.6 Å². The Kier molecular flexibility index (Phi) is 3.13. The Bertz CT molecular complexity index is 396. The molecule has 0 fully saturated rings. The molecule has 3 heteroatoms. The van der Waals surface area contributed by atoms with E-state index in [0.29, 0.717) is 5.75 Å². The van der Waals surface area contributed by atoms with E-state index >= 15 is 0 Å². The molecule has 1 aliphatic rings. The molecule has 0 saturated heterocycles. The van der Waals surface area contributed by atoms with Crippen molar-refractivity contribution >= 4 is 6.16 Å². The van der Waals surface area contributed by atoms with E-state index in [9.17, 15) is 4.79 Å². The van der Waals surface area contributed by atoms with E-state index in [1.54, 1.807) is 13.8 Å². The number of rotatable bonds is 2. The van der Waals surface area contributed by atoms with Gasteiger partial charge in [-0.1, -0.05) is 6.07 Å². The summed E-state index contributed by atoms with van der Waals surface area (Å²) in [6.07, 6.45) is 2.61. The van der Waals surface area contributed by atoms with Crippen LogP contribution in [0, 0.1) is 0 Å². The first kappa shape index (κ1) is 11.0. The van der Waals surface area contributed by atoms with Crippen molar-refractivity contribution < 1.29 is 14.3 Å². The zero-order valence-corrected chi connectivity index (χ0v) is 9.66. The lowest BCUT2D eigenvalue weighted by atomic mass is 10.1. The molecule has 1 aromatic rings. The predicted octanol–water partition coefficient (Wildman–Crippen LogP) is 3.10. The number of aryl methyl sites for hydroxylation is 2. The van der Waals surface area contributed by atoms with E-state index in [1.165, 1.54) is 17.5 Å². The minimum absolute atomic E-state index is 0.151. The zero-order valence-electron chi connectivity index (χ0n) is 9.66. The first-order valence-electron chi connectivity index (χ1n) is 5.65. The molecule has 1 aromatic carbocycles. The van der Waals surface area contributed by atoms with Gasteiger partial charge < -0.3 is 9.47 Å². The third kappa shape index (κ3) is 2.54. The molecule has 0 aromatic heterocycles. The normalized spacial score (nSPS) is 13.7. The van der Waals surface area contributed by atoms with Crippen LogP contribution in [0.15, 0.2) is 18.2 Å². The van der Waals surface area contributed by atoms with Crippen molar-refractivity contribution in [3.05, 3.63) is 29.3 Å². The zero-order chi connectivity index (χ0) is 11.5. The number of carbonyl (C=O) groups is 1. The molecule has 0 spiro atoms. The Morgan fingerprint density at radius 3 is 2.75 bits per heavy atom. The molecule has 0 bridgehead atoms. The number of carbonyl (C=O) groups excluding carboxylic acids is 1. The van der Waals surface area contributed by atoms with Crippen LogP contribution in [0.1, 0.15) is 31.4 Å². The summed E-state index contributed by atoms with van der Waals surface area (Å²) in [5, 5.41) is 0. The molecule has 16 heavy (non-hydrogen) atoms. The van der Waals surface area contributed by atoms with Gasteiger partial charge in [-0.15, -0.1) is 0 Å². The summed E-state index contributed by atoms with van der Waals surface area (Å²) in [6, 6.07) is 5.79. The summed E-state index contributed by atoms with van der Waals surface area (Å²) in [5.41, 5.74) is 2.65. The number of hydrogen-bond acceptors (Lipinski definition) is 3. The van der Waals surface area contributed by atoms with Gasteiger partial charge in [-0.25, -0.2) is 4.79 Å². The molecule has 0 aliphatic heterocycles. The maximum Gasteiger partial charge on any atom is 0.514 e. The van der Waals surface area contributed by atoms with Gasteiger partial charge in [0.2, 0.25) is 0 Å². The highest BCUT2D eigenvalue weighted by Gasteiger charge is 2.13. The molecule has 0 saturated carbocycles. The second-order valence-corrected chi connectivity index (χ2v) is 4.30. The molecular weight excluding hydrogens is 204 g/mol. The summed E-state index contributed by atoms with van der Waals surface area (Å²) < 4.78 is 10.0. The van der Waals surface area contributed by atoms with Gasteiger partial charge in [0.15, 0.2) is 0 Å². The quantitative estimate of drug-likeness (QED) is 0.567. The molecule has 0 unspecified atom stereocenters. The first-order valence-corrected chi connectivity index (χ1v) is 5.65. The monoisotopic (exact) mass is 220 g/mol. The van der Waals surface area contributed by atoms with Crippen LogP contribution in [0.5, 0.6) is 5.75 Å². The lowest BCUT2D eigenvalue weighted by molar-refractivity contribution is 0.0729. The predicted molar refractivity (Wildman–Crippen MR) is 60.7 cm³/mol. The summed E-state index contributed by atoms with van der Waals surface area (Å²) in [5.74, 6) is 0.575. The van der Waals surface area contributed by atoms with Gasteiger partial charge in [0, 0.05) is 0 Å². The van der Waals surface area contributed by atoms with Gasteiger partial charge in [-0.3, -0.25) is 0 Å². The Hall–Kier alpha value is -1.51. The molecular formula is C13H16O3. The highest BCUT2D eigenvalue weighted by molar-refractivity contribution is 5.64. The lowest BCUT2D eigenvalue weighted by Gasteiger charge is -2.09. The van der Waals surface area contributed by atoms with Crippen LogP contribution >= 0.6 is 0 Å². The van der Waals surface area contributed by atoms with Crippen LogP contribution in [0.2, 0.25) is 0 Å². The first-order chi connectivity index (χ1) is 7.65. The molecule has 0 radical (unpaired) electrons. The minimum Gasteiger partial charge on any atom is -0.431 e. The standard InChI is InChI=1S/C13H16O3/c1-9(2)15-13(14)16-12-7-6-10-4-3-5-11(10)8-12/h6-9H,3-5H2,1-2H3. The average molecular weight is 220 g/mol. The van der Waals surface area contributed by atoms with Crippen molar-refractivity contribution in [2.45, 2.75) is 39.2 Å². The van der Waals surface area contributed by atoms with E-state index in [2.05, 4.69) is 0 Å². The minimum atomic E-state index is -0.632. The Balaban J connectivity index is 2.02. The molecule has 3 nitrogen and oxygen atoms in total. The van der Waals surface area contributed by atoms with Crippen molar-refractivity contribution in [3.63, 3.8) is 0 Å². The molecule has 0 amide bonds. The van der Waals surface area contributed by atoms with E-state index in [1.807, 2.05) is 18.2 Å². The lowest BCUT2D eigenvalue weighted by Crippen LogP contribution is -2.15. The molecule has 86 valence electrons. The van der Waals surface area contributed by atoms with Gasteiger partial charge in [-0.2, -0.15) is 0 Å². The fourth-order valence-corrected chi connectivity index (χ4v) is 1.92. The van der Waals surface area contributed by atoms with Crippen LogP contribution in [0.25, 0.3) is 0 Å². The summed E-state index contributed by atoms with van der Waals surface area (Å²) in [6.45, 7) is 3.59. The Morgan fingerprint density at radius 2 is 2.00 bits per heavy atom.